The number of rotatable bonds is 6. The Morgan fingerprint density at radius 2 is 1.96 bits per heavy atom. The smallest absolute Gasteiger partial charge is 0.275 e. The van der Waals surface area contributed by atoms with Crippen LogP contribution in [0.15, 0.2) is 30.7 Å². The summed E-state index contributed by atoms with van der Waals surface area (Å²) < 4.78 is 30.6. The van der Waals surface area contributed by atoms with Gasteiger partial charge in [-0.1, -0.05) is 19.9 Å². The number of hydrogen-bond donors (Lipinski definition) is 0. The lowest BCUT2D eigenvalue weighted by atomic mass is 10.1. The molecule has 2 aromatic heterocycles. The van der Waals surface area contributed by atoms with Crippen LogP contribution in [0.25, 0.3) is 11.1 Å². The molecule has 0 aliphatic carbocycles. The predicted molar refractivity (Wildman–Crippen MR) is 97.0 cm³/mol. The van der Waals surface area contributed by atoms with E-state index in [0.29, 0.717) is 19.6 Å². The lowest BCUT2D eigenvalue weighted by Crippen LogP contribution is -2.43. The summed E-state index contributed by atoms with van der Waals surface area (Å²) >= 11 is 0. The SMILES string of the molecule is CCN(CC)S(=O)(=O)N1CCC[C@@H]1c1ccc(-c2cnn(C)c2)cn1. The van der Waals surface area contributed by atoms with Crippen LogP contribution in [0.3, 0.4) is 0 Å². The minimum Gasteiger partial charge on any atom is -0.275 e. The maximum Gasteiger partial charge on any atom is 0.282 e. The second-order valence-electron chi connectivity index (χ2n) is 6.24. The van der Waals surface area contributed by atoms with E-state index in [2.05, 4.69) is 10.1 Å². The van der Waals surface area contributed by atoms with Gasteiger partial charge in [-0.25, -0.2) is 0 Å². The van der Waals surface area contributed by atoms with Crippen molar-refractivity contribution in [2.75, 3.05) is 19.6 Å². The van der Waals surface area contributed by atoms with Crippen molar-refractivity contribution in [3.8, 4) is 11.1 Å². The van der Waals surface area contributed by atoms with E-state index in [1.54, 1.807) is 21.4 Å². The largest absolute Gasteiger partial charge is 0.282 e. The summed E-state index contributed by atoms with van der Waals surface area (Å²) in [5.74, 6) is 0. The fraction of sp³-hybridized carbons (Fsp3) is 0.529. The molecule has 0 saturated carbocycles. The predicted octanol–water partition coefficient (Wildman–Crippen LogP) is 2.21. The third-order valence-electron chi connectivity index (χ3n) is 4.70. The zero-order valence-corrected chi connectivity index (χ0v) is 15.8. The van der Waals surface area contributed by atoms with Crippen molar-refractivity contribution in [3.63, 3.8) is 0 Å². The van der Waals surface area contributed by atoms with Gasteiger partial charge in [0.1, 0.15) is 0 Å². The van der Waals surface area contributed by atoms with E-state index >= 15 is 0 Å². The van der Waals surface area contributed by atoms with Crippen molar-refractivity contribution >= 4 is 10.2 Å². The van der Waals surface area contributed by atoms with Crippen LogP contribution in [0, 0.1) is 0 Å². The van der Waals surface area contributed by atoms with Crippen molar-refractivity contribution < 1.29 is 8.42 Å². The van der Waals surface area contributed by atoms with Gasteiger partial charge in [-0.05, 0) is 18.9 Å². The first kappa shape index (κ1) is 18.0. The minimum absolute atomic E-state index is 0.187. The zero-order valence-electron chi connectivity index (χ0n) is 15.0. The maximum absolute atomic E-state index is 12.9. The average Bonchev–Trinajstić information content (AvgIpc) is 3.25. The van der Waals surface area contributed by atoms with Crippen molar-refractivity contribution in [1.29, 1.82) is 0 Å². The average molecular weight is 363 g/mol. The molecule has 0 bridgehead atoms. The molecule has 3 heterocycles. The van der Waals surface area contributed by atoms with Crippen LogP contribution in [-0.4, -0.2) is 51.4 Å². The summed E-state index contributed by atoms with van der Waals surface area (Å²) in [7, 11) is -1.57. The van der Waals surface area contributed by atoms with E-state index in [4.69, 9.17) is 0 Å². The quantitative estimate of drug-likeness (QED) is 0.789. The van der Waals surface area contributed by atoms with Gasteiger partial charge in [0.2, 0.25) is 0 Å². The summed E-state index contributed by atoms with van der Waals surface area (Å²) in [5.41, 5.74) is 2.79. The molecule has 136 valence electrons. The van der Waals surface area contributed by atoms with Crippen LogP contribution in [0.2, 0.25) is 0 Å². The van der Waals surface area contributed by atoms with E-state index < -0.39 is 10.2 Å². The standard InChI is InChI=1S/C17H25N5O2S/c1-4-21(5-2)25(23,24)22-10-6-7-17(22)16-9-8-14(11-18-16)15-12-19-20(3)13-15/h8-9,11-13,17H,4-7,10H2,1-3H3/t17-/m1/s1. The van der Waals surface area contributed by atoms with Gasteiger partial charge in [0.05, 0.1) is 17.9 Å². The fourth-order valence-electron chi connectivity index (χ4n) is 3.35. The number of hydrogen-bond acceptors (Lipinski definition) is 4. The highest BCUT2D eigenvalue weighted by atomic mass is 32.2. The number of pyridine rings is 1. The van der Waals surface area contributed by atoms with Crippen molar-refractivity contribution in [3.05, 3.63) is 36.4 Å². The van der Waals surface area contributed by atoms with Crippen molar-refractivity contribution in [1.82, 2.24) is 23.4 Å². The molecule has 0 spiro atoms. The first-order valence-electron chi connectivity index (χ1n) is 8.69. The third-order valence-corrected chi connectivity index (χ3v) is 6.90. The Morgan fingerprint density at radius 1 is 1.20 bits per heavy atom. The van der Waals surface area contributed by atoms with Gasteiger partial charge < -0.3 is 0 Å². The molecule has 0 aromatic carbocycles. The summed E-state index contributed by atoms with van der Waals surface area (Å²) in [4.78, 5) is 4.56. The van der Waals surface area contributed by atoms with E-state index in [1.807, 2.05) is 39.2 Å². The molecule has 25 heavy (non-hydrogen) atoms. The van der Waals surface area contributed by atoms with Gasteiger partial charge in [-0.3, -0.25) is 9.67 Å². The molecule has 0 amide bonds. The summed E-state index contributed by atoms with van der Waals surface area (Å²) in [6, 6.07) is 3.73. The Hall–Kier alpha value is -1.77. The van der Waals surface area contributed by atoms with E-state index in [-0.39, 0.29) is 6.04 Å². The first-order chi connectivity index (χ1) is 12.0. The number of nitrogens with zero attached hydrogens (tertiary/aromatic N) is 5. The van der Waals surface area contributed by atoms with Gasteiger partial charge in [0, 0.05) is 50.2 Å². The lowest BCUT2D eigenvalue weighted by molar-refractivity contribution is 0.335. The first-order valence-corrected chi connectivity index (χ1v) is 10.1. The minimum atomic E-state index is -3.44. The van der Waals surface area contributed by atoms with Gasteiger partial charge in [-0.15, -0.1) is 0 Å². The summed E-state index contributed by atoms with van der Waals surface area (Å²) in [5, 5.41) is 4.17. The van der Waals surface area contributed by atoms with Gasteiger partial charge in [0.25, 0.3) is 10.2 Å². The molecule has 0 N–H and O–H groups in total. The Morgan fingerprint density at radius 3 is 2.52 bits per heavy atom. The maximum atomic E-state index is 12.9. The van der Waals surface area contributed by atoms with Gasteiger partial charge in [0.15, 0.2) is 0 Å². The second kappa shape index (κ2) is 7.23. The molecule has 0 radical (unpaired) electrons. The van der Waals surface area contributed by atoms with E-state index in [0.717, 1.165) is 29.7 Å². The summed E-state index contributed by atoms with van der Waals surface area (Å²) in [6.45, 7) is 5.25. The Kier molecular flexibility index (Phi) is 5.21. The molecule has 7 nitrogen and oxygen atoms in total. The Labute approximate surface area is 149 Å². The van der Waals surface area contributed by atoms with Crippen molar-refractivity contribution in [2.45, 2.75) is 32.7 Å². The highest BCUT2D eigenvalue weighted by molar-refractivity contribution is 7.86. The van der Waals surface area contributed by atoms with Crippen LogP contribution in [-0.2, 0) is 17.3 Å². The van der Waals surface area contributed by atoms with Crippen LogP contribution >= 0.6 is 0 Å². The fourth-order valence-corrected chi connectivity index (χ4v) is 5.20. The summed E-state index contributed by atoms with van der Waals surface area (Å²) in [6.07, 6.45) is 7.19. The Balaban J connectivity index is 1.85. The molecule has 1 aliphatic heterocycles. The molecular weight excluding hydrogens is 338 g/mol. The molecule has 3 rings (SSSR count). The monoisotopic (exact) mass is 363 g/mol. The molecule has 1 aliphatic rings. The van der Waals surface area contributed by atoms with E-state index in [9.17, 15) is 8.42 Å². The zero-order chi connectivity index (χ0) is 18.0. The molecular formula is C17H25N5O2S. The Bertz CT molecular complexity index is 812. The van der Waals surface area contributed by atoms with Crippen molar-refractivity contribution in [2.24, 2.45) is 7.05 Å². The normalized spacial score (nSPS) is 19.0. The highest BCUT2D eigenvalue weighted by Crippen LogP contribution is 2.34. The molecule has 8 heteroatoms. The molecule has 1 fully saturated rings. The number of aryl methyl sites for hydroxylation is 1. The number of aromatic nitrogens is 3. The second-order valence-corrected chi connectivity index (χ2v) is 8.12. The van der Waals surface area contributed by atoms with Crippen LogP contribution in [0.1, 0.15) is 38.4 Å². The van der Waals surface area contributed by atoms with Crippen LogP contribution in [0.5, 0.6) is 0 Å². The molecule has 2 aromatic rings. The molecule has 0 unspecified atom stereocenters. The van der Waals surface area contributed by atoms with Crippen LogP contribution < -0.4 is 0 Å². The van der Waals surface area contributed by atoms with Gasteiger partial charge >= 0.3 is 0 Å². The van der Waals surface area contributed by atoms with Gasteiger partial charge in [-0.2, -0.15) is 22.1 Å². The lowest BCUT2D eigenvalue weighted by Gasteiger charge is -2.29. The third kappa shape index (κ3) is 3.47. The molecule has 1 atom stereocenters. The highest BCUT2D eigenvalue weighted by Gasteiger charge is 2.38. The topological polar surface area (TPSA) is 71.3 Å². The van der Waals surface area contributed by atoms with E-state index in [1.165, 1.54) is 4.31 Å². The van der Waals surface area contributed by atoms with Crippen LogP contribution in [0.4, 0.5) is 0 Å². The molecule has 1 saturated heterocycles.